The minimum Gasteiger partial charge on any atom is -0.384 e. The molecule has 118 valence electrons. The Morgan fingerprint density at radius 3 is 2.71 bits per heavy atom. The SMILES string of the molecule is CCOCc1nc(N)cc(NC(C)C(=O)NCC(C)C)n1. The lowest BCUT2D eigenvalue weighted by molar-refractivity contribution is -0.121. The van der Waals surface area contributed by atoms with Crippen LogP contribution in [0.4, 0.5) is 11.6 Å². The maximum Gasteiger partial charge on any atom is 0.242 e. The van der Waals surface area contributed by atoms with Crippen molar-refractivity contribution in [2.24, 2.45) is 5.92 Å². The van der Waals surface area contributed by atoms with Crippen LogP contribution in [0.1, 0.15) is 33.5 Å². The van der Waals surface area contributed by atoms with E-state index >= 15 is 0 Å². The Labute approximate surface area is 125 Å². The third kappa shape index (κ3) is 6.40. The Hall–Kier alpha value is -1.89. The molecule has 0 fully saturated rings. The molecule has 7 heteroatoms. The van der Waals surface area contributed by atoms with E-state index in [4.69, 9.17) is 10.5 Å². The summed E-state index contributed by atoms with van der Waals surface area (Å²) in [6.07, 6.45) is 0. The molecule has 0 aliphatic heterocycles. The Balaban J connectivity index is 2.64. The van der Waals surface area contributed by atoms with Crippen LogP contribution in [0, 0.1) is 5.92 Å². The quantitative estimate of drug-likeness (QED) is 0.665. The molecule has 1 unspecified atom stereocenters. The highest BCUT2D eigenvalue weighted by atomic mass is 16.5. The molecule has 4 N–H and O–H groups in total. The topological polar surface area (TPSA) is 102 Å². The molecule has 0 aromatic carbocycles. The third-order valence-corrected chi connectivity index (χ3v) is 2.67. The average molecular weight is 295 g/mol. The van der Waals surface area contributed by atoms with Gasteiger partial charge < -0.3 is 21.1 Å². The first-order chi connectivity index (χ1) is 9.92. The van der Waals surface area contributed by atoms with Crippen molar-refractivity contribution in [1.82, 2.24) is 15.3 Å². The molecule has 0 aliphatic rings. The molecule has 0 saturated heterocycles. The summed E-state index contributed by atoms with van der Waals surface area (Å²) in [5, 5.41) is 5.89. The van der Waals surface area contributed by atoms with E-state index in [0.29, 0.717) is 43.1 Å². The Morgan fingerprint density at radius 2 is 2.10 bits per heavy atom. The number of carbonyl (C=O) groups is 1. The summed E-state index contributed by atoms with van der Waals surface area (Å²) in [4.78, 5) is 20.3. The van der Waals surface area contributed by atoms with Crippen LogP contribution in [0.25, 0.3) is 0 Å². The Bertz CT molecular complexity index is 465. The summed E-state index contributed by atoms with van der Waals surface area (Å²) in [6, 6.07) is 1.19. The lowest BCUT2D eigenvalue weighted by Gasteiger charge is -2.16. The van der Waals surface area contributed by atoms with Gasteiger partial charge in [-0.05, 0) is 19.8 Å². The Morgan fingerprint density at radius 1 is 1.38 bits per heavy atom. The average Bonchev–Trinajstić information content (AvgIpc) is 2.41. The predicted octanol–water partition coefficient (Wildman–Crippen LogP) is 1.17. The number of hydrogen-bond donors (Lipinski definition) is 3. The van der Waals surface area contributed by atoms with Crippen LogP contribution in [-0.4, -0.2) is 35.1 Å². The minimum atomic E-state index is -0.405. The number of aromatic nitrogens is 2. The summed E-state index contributed by atoms with van der Waals surface area (Å²) < 4.78 is 5.26. The van der Waals surface area contributed by atoms with Gasteiger partial charge in [0.25, 0.3) is 0 Å². The van der Waals surface area contributed by atoms with Gasteiger partial charge in [0.05, 0.1) is 0 Å². The molecule has 0 saturated carbocycles. The van der Waals surface area contributed by atoms with Gasteiger partial charge in [-0.2, -0.15) is 0 Å². The van der Waals surface area contributed by atoms with Crippen LogP contribution in [0.5, 0.6) is 0 Å². The number of hydrogen-bond acceptors (Lipinski definition) is 6. The van der Waals surface area contributed by atoms with Crippen molar-refractivity contribution in [2.75, 3.05) is 24.2 Å². The summed E-state index contributed by atoms with van der Waals surface area (Å²) in [6.45, 7) is 9.28. The first-order valence-electron chi connectivity index (χ1n) is 7.17. The van der Waals surface area contributed by atoms with E-state index in [1.807, 2.05) is 20.8 Å². The van der Waals surface area contributed by atoms with Crippen molar-refractivity contribution in [3.05, 3.63) is 11.9 Å². The van der Waals surface area contributed by atoms with Crippen LogP contribution in [-0.2, 0) is 16.1 Å². The highest BCUT2D eigenvalue weighted by Gasteiger charge is 2.14. The lowest BCUT2D eigenvalue weighted by atomic mass is 10.2. The molecule has 1 heterocycles. The van der Waals surface area contributed by atoms with E-state index in [2.05, 4.69) is 20.6 Å². The fourth-order valence-electron chi connectivity index (χ4n) is 1.59. The smallest absolute Gasteiger partial charge is 0.242 e. The second kappa shape index (κ2) is 8.41. The zero-order valence-electron chi connectivity index (χ0n) is 13.1. The van der Waals surface area contributed by atoms with Gasteiger partial charge in [-0.15, -0.1) is 0 Å². The van der Waals surface area contributed by atoms with Crippen LogP contribution in [0.15, 0.2) is 6.07 Å². The number of rotatable bonds is 8. The Kier molecular flexibility index (Phi) is 6.87. The van der Waals surface area contributed by atoms with E-state index < -0.39 is 6.04 Å². The number of nitrogens with zero attached hydrogens (tertiary/aromatic N) is 2. The van der Waals surface area contributed by atoms with Crippen molar-refractivity contribution >= 4 is 17.5 Å². The number of anilines is 2. The lowest BCUT2D eigenvalue weighted by Crippen LogP contribution is -2.39. The van der Waals surface area contributed by atoms with Crippen molar-refractivity contribution in [3.8, 4) is 0 Å². The standard InChI is InChI=1S/C14H25N5O2/c1-5-21-8-13-18-11(15)6-12(19-13)17-10(4)14(20)16-7-9(2)3/h6,9-10H,5,7-8H2,1-4H3,(H,16,20)(H3,15,17,18,19). The molecule has 1 amide bonds. The molecule has 1 atom stereocenters. The largest absolute Gasteiger partial charge is 0.384 e. The van der Waals surface area contributed by atoms with Crippen molar-refractivity contribution in [2.45, 2.75) is 40.3 Å². The zero-order valence-corrected chi connectivity index (χ0v) is 13.1. The number of ether oxygens (including phenoxy) is 1. The molecule has 0 radical (unpaired) electrons. The molecule has 1 rings (SSSR count). The van der Waals surface area contributed by atoms with Gasteiger partial charge in [0.2, 0.25) is 5.91 Å². The molecule has 1 aromatic rings. The summed E-state index contributed by atoms with van der Waals surface area (Å²) >= 11 is 0. The van der Waals surface area contributed by atoms with Gasteiger partial charge in [0, 0.05) is 19.2 Å². The van der Waals surface area contributed by atoms with E-state index in [1.54, 1.807) is 13.0 Å². The number of nitrogens with two attached hydrogens (primary N) is 1. The highest BCUT2D eigenvalue weighted by Crippen LogP contribution is 2.10. The number of nitrogens with one attached hydrogen (secondary N) is 2. The monoisotopic (exact) mass is 295 g/mol. The molecule has 0 spiro atoms. The highest BCUT2D eigenvalue weighted by molar-refractivity contribution is 5.83. The van der Waals surface area contributed by atoms with E-state index in [1.165, 1.54) is 0 Å². The number of nitrogen functional groups attached to an aromatic ring is 1. The second-order valence-corrected chi connectivity index (χ2v) is 5.24. The second-order valence-electron chi connectivity index (χ2n) is 5.24. The van der Waals surface area contributed by atoms with Crippen LogP contribution < -0.4 is 16.4 Å². The predicted molar refractivity (Wildman–Crippen MR) is 82.7 cm³/mol. The van der Waals surface area contributed by atoms with Crippen LogP contribution in [0.3, 0.4) is 0 Å². The maximum absolute atomic E-state index is 11.9. The molecule has 0 bridgehead atoms. The van der Waals surface area contributed by atoms with Gasteiger partial charge in [-0.1, -0.05) is 13.8 Å². The zero-order chi connectivity index (χ0) is 15.8. The van der Waals surface area contributed by atoms with Crippen molar-refractivity contribution in [3.63, 3.8) is 0 Å². The number of amides is 1. The molecule has 21 heavy (non-hydrogen) atoms. The van der Waals surface area contributed by atoms with Crippen molar-refractivity contribution in [1.29, 1.82) is 0 Å². The van der Waals surface area contributed by atoms with Crippen LogP contribution in [0.2, 0.25) is 0 Å². The van der Waals surface area contributed by atoms with Gasteiger partial charge in [0.15, 0.2) is 5.82 Å². The van der Waals surface area contributed by atoms with E-state index in [9.17, 15) is 4.79 Å². The normalized spacial score (nSPS) is 12.2. The number of carbonyl (C=O) groups excluding carboxylic acids is 1. The maximum atomic E-state index is 11.9. The molecular formula is C14H25N5O2. The summed E-state index contributed by atoms with van der Waals surface area (Å²) in [5.41, 5.74) is 5.73. The van der Waals surface area contributed by atoms with Gasteiger partial charge in [-0.3, -0.25) is 4.79 Å². The fourth-order valence-corrected chi connectivity index (χ4v) is 1.59. The van der Waals surface area contributed by atoms with E-state index in [-0.39, 0.29) is 5.91 Å². The first-order valence-corrected chi connectivity index (χ1v) is 7.17. The van der Waals surface area contributed by atoms with Gasteiger partial charge in [-0.25, -0.2) is 9.97 Å². The molecule has 0 aliphatic carbocycles. The fraction of sp³-hybridized carbons (Fsp3) is 0.643. The van der Waals surface area contributed by atoms with Gasteiger partial charge in [0.1, 0.15) is 24.3 Å². The van der Waals surface area contributed by atoms with Crippen LogP contribution >= 0.6 is 0 Å². The summed E-state index contributed by atoms with van der Waals surface area (Å²) in [5.74, 6) is 1.69. The molecule has 1 aromatic heterocycles. The summed E-state index contributed by atoms with van der Waals surface area (Å²) in [7, 11) is 0. The van der Waals surface area contributed by atoms with Crippen molar-refractivity contribution < 1.29 is 9.53 Å². The molecular weight excluding hydrogens is 270 g/mol. The minimum absolute atomic E-state index is 0.0766. The molecule has 7 nitrogen and oxygen atoms in total. The van der Waals surface area contributed by atoms with E-state index in [0.717, 1.165) is 0 Å². The first kappa shape index (κ1) is 17.2. The van der Waals surface area contributed by atoms with Gasteiger partial charge >= 0.3 is 0 Å². The third-order valence-electron chi connectivity index (χ3n) is 2.67.